The quantitative estimate of drug-likeness (QED) is 0.715. The normalized spacial score (nSPS) is 32.8. The predicted molar refractivity (Wildman–Crippen MR) is 62.0 cm³/mol. The molecule has 0 unspecified atom stereocenters. The molecule has 2 fully saturated rings. The predicted octanol–water partition coefficient (Wildman–Crippen LogP) is 0.358. The van der Waals surface area contributed by atoms with E-state index in [1.54, 1.807) is 6.92 Å². The van der Waals surface area contributed by atoms with Crippen LogP contribution in [-0.4, -0.2) is 47.7 Å². The van der Waals surface area contributed by atoms with E-state index >= 15 is 0 Å². The highest BCUT2D eigenvalue weighted by atomic mass is 16.3. The lowest BCUT2D eigenvalue weighted by molar-refractivity contribution is -0.141. The molecule has 0 radical (unpaired) electrons. The standard InChI is InChI=1S/C12H22N2O2/c1-9(15)11-4-2-3-7-14(11)12(16)10-5-6-13-8-10/h9-11,13,15H,2-8H2,1H3/t9-,10+,11-/m0/s1. The minimum atomic E-state index is -0.404. The smallest absolute Gasteiger partial charge is 0.227 e. The molecule has 4 heteroatoms. The maximum atomic E-state index is 12.3. The van der Waals surface area contributed by atoms with Crippen LogP contribution in [0.15, 0.2) is 0 Å². The lowest BCUT2D eigenvalue weighted by Gasteiger charge is -2.38. The minimum Gasteiger partial charge on any atom is -0.391 e. The Balaban J connectivity index is 2.01. The summed E-state index contributed by atoms with van der Waals surface area (Å²) in [4.78, 5) is 14.2. The van der Waals surface area contributed by atoms with Crippen molar-refractivity contribution in [3.63, 3.8) is 0 Å². The van der Waals surface area contributed by atoms with E-state index in [0.29, 0.717) is 0 Å². The van der Waals surface area contributed by atoms with Crippen LogP contribution in [0.1, 0.15) is 32.6 Å². The number of aliphatic hydroxyl groups is 1. The van der Waals surface area contributed by atoms with E-state index in [1.807, 2.05) is 4.90 Å². The molecule has 0 aromatic heterocycles. The van der Waals surface area contributed by atoms with Crippen LogP contribution < -0.4 is 5.32 Å². The van der Waals surface area contributed by atoms with Gasteiger partial charge < -0.3 is 15.3 Å². The fraction of sp³-hybridized carbons (Fsp3) is 0.917. The molecule has 2 rings (SSSR count). The van der Waals surface area contributed by atoms with Gasteiger partial charge in [-0.1, -0.05) is 0 Å². The van der Waals surface area contributed by atoms with Crippen molar-refractivity contribution in [2.24, 2.45) is 5.92 Å². The first-order valence-electron chi connectivity index (χ1n) is 6.39. The molecule has 3 atom stereocenters. The first-order valence-corrected chi connectivity index (χ1v) is 6.39. The van der Waals surface area contributed by atoms with Crippen molar-refractivity contribution in [2.45, 2.75) is 44.8 Å². The summed E-state index contributed by atoms with van der Waals surface area (Å²) < 4.78 is 0. The van der Waals surface area contributed by atoms with Crippen molar-refractivity contribution < 1.29 is 9.90 Å². The summed E-state index contributed by atoms with van der Waals surface area (Å²) in [5, 5.41) is 13.0. The maximum Gasteiger partial charge on any atom is 0.227 e. The van der Waals surface area contributed by atoms with Crippen LogP contribution in [0.25, 0.3) is 0 Å². The van der Waals surface area contributed by atoms with Gasteiger partial charge in [-0.05, 0) is 39.2 Å². The average Bonchev–Trinajstić information content (AvgIpc) is 2.81. The zero-order valence-electron chi connectivity index (χ0n) is 9.98. The molecular formula is C12H22N2O2. The zero-order valence-corrected chi connectivity index (χ0v) is 9.98. The number of amides is 1. The molecule has 2 saturated heterocycles. The van der Waals surface area contributed by atoms with Crippen molar-refractivity contribution in [3.05, 3.63) is 0 Å². The minimum absolute atomic E-state index is 0.0434. The van der Waals surface area contributed by atoms with Gasteiger partial charge in [-0.2, -0.15) is 0 Å². The Morgan fingerprint density at radius 3 is 2.88 bits per heavy atom. The molecule has 0 aromatic carbocycles. The fourth-order valence-electron chi connectivity index (χ4n) is 2.83. The largest absolute Gasteiger partial charge is 0.391 e. The van der Waals surface area contributed by atoms with Crippen molar-refractivity contribution in [1.82, 2.24) is 10.2 Å². The van der Waals surface area contributed by atoms with E-state index in [0.717, 1.165) is 45.3 Å². The topological polar surface area (TPSA) is 52.6 Å². The van der Waals surface area contributed by atoms with Gasteiger partial charge in [0.1, 0.15) is 0 Å². The van der Waals surface area contributed by atoms with Gasteiger partial charge in [0.05, 0.1) is 18.1 Å². The fourth-order valence-corrected chi connectivity index (χ4v) is 2.83. The molecule has 2 N–H and O–H groups in total. The summed E-state index contributed by atoms with van der Waals surface area (Å²) in [6, 6.07) is 0.0434. The molecule has 2 heterocycles. The van der Waals surface area contributed by atoms with Crippen LogP contribution >= 0.6 is 0 Å². The molecule has 2 aliphatic rings. The van der Waals surface area contributed by atoms with Crippen LogP contribution in [0.2, 0.25) is 0 Å². The molecule has 0 saturated carbocycles. The summed E-state index contributed by atoms with van der Waals surface area (Å²) in [5.74, 6) is 0.384. The molecule has 2 aliphatic heterocycles. The summed E-state index contributed by atoms with van der Waals surface area (Å²) in [5.41, 5.74) is 0. The van der Waals surface area contributed by atoms with Gasteiger partial charge in [-0.3, -0.25) is 4.79 Å². The summed E-state index contributed by atoms with van der Waals surface area (Å²) in [6.07, 6.45) is 3.70. The summed E-state index contributed by atoms with van der Waals surface area (Å²) in [6.45, 7) is 4.37. The number of hydrogen-bond acceptors (Lipinski definition) is 3. The highest BCUT2D eigenvalue weighted by Crippen LogP contribution is 2.23. The van der Waals surface area contributed by atoms with Gasteiger partial charge in [0.15, 0.2) is 0 Å². The zero-order chi connectivity index (χ0) is 11.5. The molecular weight excluding hydrogens is 204 g/mol. The SMILES string of the molecule is C[C@H](O)[C@@H]1CCCCN1C(=O)[C@@H]1CCNC1. The lowest BCUT2D eigenvalue weighted by Crippen LogP contribution is -2.51. The Kier molecular flexibility index (Phi) is 3.82. The number of hydrogen-bond donors (Lipinski definition) is 2. The molecule has 0 spiro atoms. The van der Waals surface area contributed by atoms with Crippen molar-refractivity contribution in [2.75, 3.05) is 19.6 Å². The van der Waals surface area contributed by atoms with E-state index in [9.17, 15) is 9.90 Å². The van der Waals surface area contributed by atoms with Gasteiger partial charge in [-0.15, -0.1) is 0 Å². The van der Waals surface area contributed by atoms with E-state index in [1.165, 1.54) is 0 Å². The molecule has 0 aromatic rings. The molecule has 16 heavy (non-hydrogen) atoms. The lowest BCUT2D eigenvalue weighted by atomic mass is 9.95. The highest BCUT2D eigenvalue weighted by Gasteiger charge is 2.34. The Morgan fingerprint density at radius 2 is 2.25 bits per heavy atom. The van der Waals surface area contributed by atoms with Crippen LogP contribution in [0.4, 0.5) is 0 Å². The van der Waals surface area contributed by atoms with E-state index < -0.39 is 6.10 Å². The van der Waals surface area contributed by atoms with E-state index in [4.69, 9.17) is 0 Å². The number of aliphatic hydroxyl groups excluding tert-OH is 1. The Bertz CT molecular complexity index is 249. The van der Waals surface area contributed by atoms with Gasteiger partial charge in [0, 0.05) is 13.1 Å². The highest BCUT2D eigenvalue weighted by molar-refractivity contribution is 5.80. The third-order valence-electron chi connectivity index (χ3n) is 3.80. The Hall–Kier alpha value is -0.610. The number of likely N-dealkylation sites (tertiary alicyclic amines) is 1. The van der Waals surface area contributed by atoms with Gasteiger partial charge in [0.2, 0.25) is 5.91 Å². The summed E-state index contributed by atoms with van der Waals surface area (Å²) in [7, 11) is 0. The van der Waals surface area contributed by atoms with Gasteiger partial charge in [0.25, 0.3) is 0 Å². The number of rotatable bonds is 2. The van der Waals surface area contributed by atoms with Crippen molar-refractivity contribution in [1.29, 1.82) is 0 Å². The van der Waals surface area contributed by atoms with Crippen LogP contribution in [0, 0.1) is 5.92 Å². The summed E-state index contributed by atoms with van der Waals surface area (Å²) >= 11 is 0. The number of carbonyl (C=O) groups excluding carboxylic acids is 1. The second-order valence-electron chi connectivity index (χ2n) is 5.03. The van der Waals surface area contributed by atoms with Crippen molar-refractivity contribution >= 4 is 5.91 Å². The molecule has 1 amide bonds. The van der Waals surface area contributed by atoms with Crippen LogP contribution in [0.3, 0.4) is 0 Å². The average molecular weight is 226 g/mol. The Morgan fingerprint density at radius 1 is 1.44 bits per heavy atom. The second-order valence-corrected chi connectivity index (χ2v) is 5.03. The second kappa shape index (κ2) is 5.15. The third kappa shape index (κ3) is 2.38. The molecule has 0 aliphatic carbocycles. The monoisotopic (exact) mass is 226 g/mol. The van der Waals surface area contributed by atoms with Crippen LogP contribution in [-0.2, 0) is 4.79 Å². The Labute approximate surface area is 97.0 Å². The van der Waals surface area contributed by atoms with E-state index in [2.05, 4.69) is 5.32 Å². The molecule has 92 valence electrons. The first kappa shape index (κ1) is 11.9. The van der Waals surface area contributed by atoms with Gasteiger partial charge in [-0.25, -0.2) is 0 Å². The van der Waals surface area contributed by atoms with Gasteiger partial charge >= 0.3 is 0 Å². The molecule has 0 bridgehead atoms. The number of nitrogens with one attached hydrogen (secondary N) is 1. The number of carbonyl (C=O) groups is 1. The molecule has 4 nitrogen and oxygen atoms in total. The number of piperidine rings is 1. The third-order valence-corrected chi connectivity index (χ3v) is 3.80. The first-order chi connectivity index (χ1) is 7.70. The van der Waals surface area contributed by atoms with Crippen LogP contribution in [0.5, 0.6) is 0 Å². The maximum absolute atomic E-state index is 12.3. The van der Waals surface area contributed by atoms with E-state index in [-0.39, 0.29) is 17.9 Å². The van der Waals surface area contributed by atoms with Crippen molar-refractivity contribution in [3.8, 4) is 0 Å². The number of nitrogens with zero attached hydrogens (tertiary/aromatic N) is 1.